The van der Waals surface area contributed by atoms with Crippen LogP contribution in [0.4, 0.5) is 0 Å². The number of aromatic nitrogens is 4. The molecular formula is C35H30N4O13. The number of carboxylic acids is 6. The number of aromatic amines is 3. The molecule has 0 radical (unpaired) electrons. The van der Waals surface area contributed by atoms with Crippen LogP contribution in [0.5, 0.6) is 0 Å². The van der Waals surface area contributed by atoms with Crippen molar-refractivity contribution in [3.63, 3.8) is 0 Å². The van der Waals surface area contributed by atoms with Crippen molar-refractivity contribution in [1.29, 1.82) is 0 Å². The second-order valence-electron chi connectivity index (χ2n) is 10.7. The number of imidazole rings is 2. The molecule has 0 aliphatic rings. The first-order valence-corrected chi connectivity index (χ1v) is 14.8. The second kappa shape index (κ2) is 17.3. The fraction of sp³-hybridized carbons (Fsp3) is 0.0857. The number of fused-ring (bicyclic) bond motifs is 2. The average Bonchev–Trinajstić information content (AvgIpc) is 3.71. The maximum absolute atomic E-state index is 10.6. The molecule has 17 heteroatoms. The van der Waals surface area contributed by atoms with Gasteiger partial charge in [0, 0.05) is 12.8 Å². The lowest BCUT2D eigenvalue weighted by Crippen LogP contribution is -2.23. The Bertz CT molecular complexity index is 1910. The molecule has 0 aliphatic carbocycles. The van der Waals surface area contributed by atoms with Crippen LogP contribution in [-0.2, 0) is 12.8 Å². The Labute approximate surface area is 291 Å². The fourth-order valence-electron chi connectivity index (χ4n) is 4.73. The third kappa shape index (κ3) is 10.3. The van der Waals surface area contributed by atoms with Crippen LogP contribution in [0.1, 0.15) is 80.2 Å². The zero-order valence-electron chi connectivity index (χ0n) is 26.7. The number of hydrogen-bond donors (Lipinski definition) is 7. The molecule has 0 spiro atoms. The van der Waals surface area contributed by atoms with Crippen molar-refractivity contribution in [2.75, 3.05) is 0 Å². The molecule has 2 heterocycles. The fourth-order valence-corrected chi connectivity index (χ4v) is 4.73. The maximum atomic E-state index is 10.6. The third-order valence-electron chi connectivity index (χ3n) is 7.11. The number of carbonyl (C=O) groups excluding carboxylic acids is 1. The molecule has 0 aliphatic heterocycles. The van der Waals surface area contributed by atoms with Crippen LogP contribution in [-0.4, -0.2) is 81.8 Å². The van der Waals surface area contributed by atoms with Gasteiger partial charge in [-0.2, -0.15) is 0 Å². The van der Waals surface area contributed by atoms with Crippen LogP contribution in [0.2, 0.25) is 0 Å². The van der Waals surface area contributed by atoms with E-state index in [-0.39, 0.29) is 22.2 Å². The van der Waals surface area contributed by atoms with Crippen LogP contribution < -0.4 is 10.1 Å². The monoisotopic (exact) mass is 714 g/mol. The standard InChI is InChI=1S/C17H16N4.2C9H6O6.H2O/c1-2-7-13-12(6-1)18-16(19-13)10-5-11-17-20-14-8-3-4-9-15(14)21-17;2*10-7(11)4-1-5(8(12)13)3-6(2-4)9(14)15;/h1-4,6-9H,5,10-11H2,(H,18,19)(H,20,21);2*1-3H,(H,10,11)(H,12,13)(H,14,15);1H2. The molecule has 0 unspecified atom stereocenters. The van der Waals surface area contributed by atoms with Crippen molar-refractivity contribution < 1.29 is 69.9 Å². The summed E-state index contributed by atoms with van der Waals surface area (Å²) in [6.07, 6.45) is 3.01. The number of nitrogens with one attached hydrogen (secondary N) is 3. The summed E-state index contributed by atoms with van der Waals surface area (Å²) < 4.78 is 0. The molecule has 6 rings (SSSR count). The Kier molecular flexibility index (Phi) is 13.0. The average molecular weight is 715 g/mol. The number of aryl methyl sites for hydroxylation is 2. The lowest BCUT2D eigenvalue weighted by Gasteiger charge is -2.05. The minimum absolute atomic E-state index is 0. The first-order chi connectivity index (χ1) is 24.2. The number of rotatable bonds is 10. The number of hydrogen-bond acceptors (Lipinski definition) is 8. The van der Waals surface area contributed by atoms with Crippen LogP contribution in [0.15, 0.2) is 84.9 Å². The van der Waals surface area contributed by atoms with Gasteiger partial charge in [0.15, 0.2) is 11.0 Å². The van der Waals surface area contributed by atoms with Crippen molar-refractivity contribution in [2.45, 2.75) is 19.3 Å². The van der Waals surface area contributed by atoms with Gasteiger partial charge in [-0.1, -0.05) is 24.3 Å². The number of carboxylic acid groups (broad SMARTS) is 6. The van der Waals surface area contributed by atoms with Crippen LogP contribution in [0.25, 0.3) is 22.1 Å². The largest absolute Gasteiger partial charge is 0.545 e. The smallest absolute Gasteiger partial charge is 0.335 e. The molecule has 0 atom stereocenters. The van der Waals surface area contributed by atoms with E-state index in [1.54, 1.807) is 0 Å². The zero-order chi connectivity index (χ0) is 37.2. The number of carbonyl (C=O) groups is 6. The molecule has 10 N–H and O–H groups in total. The van der Waals surface area contributed by atoms with E-state index in [0.29, 0.717) is 0 Å². The molecule has 0 saturated carbocycles. The minimum atomic E-state index is -1.62. The third-order valence-corrected chi connectivity index (χ3v) is 7.11. The number of H-pyrrole nitrogens is 3. The number of benzene rings is 4. The SMILES string of the molecule is O.O=C(O)c1cc(C(=O)O)cc(C(=O)O)c1.O=C([O-])c1cc(C(=O)O)cc(C(=O)O)c1.c1ccc2[nH]c(CCCc3[nH]c4ccccc4[nH+]3)nc2c1. The highest BCUT2D eigenvalue weighted by Gasteiger charge is 2.15. The van der Waals surface area contributed by atoms with Gasteiger partial charge in [-0.25, -0.2) is 38.9 Å². The first kappa shape index (κ1) is 39.0. The number of aromatic carboxylic acids is 6. The van der Waals surface area contributed by atoms with Gasteiger partial charge in [0.25, 0.3) is 5.82 Å². The van der Waals surface area contributed by atoms with Crippen molar-refractivity contribution in [3.05, 3.63) is 130 Å². The predicted molar refractivity (Wildman–Crippen MR) is 179 cm³/mol. The molecule has 2 aromatic heterocycles. The molecule has 4 aromatic carbocycles. The lowest BCUT2D eigenvalue weighted by atomic mass is 10.1. The Morgan fingerprint density at radius 2 is 1.00 bits per heavy atom. The topological polar surface area (TPSA) is 317 Å². The van der Waals surface area contributed by atoms with E-state index in [1.807, 2.05) is 30.3 Å². The summed E-state index contributed by atoms with van der Waals surface area (Å²) in [4.78, 5) is 78.1. The van der Waals surface area contributed by atoms with E-state index in [1.165, 1.54) is 5.82 Å². The summed E-state index contributed by atoms with van der Waals surface area (Å²) in [5.41, 5.74) is 2.09. The zero-order valence-corrected chi connectivity index (χ0v) is 26.7. The highest BCUT2D eigenvalue weighted by molar-refractivity contribution is 5.99. The van der Waals surface area contributed by atoms with Crippen LogP contribution in [0.3, 0.4) is 0 Å². The summed E-state index contributed by atoms with van der Waals surface area (Å²) in [5.74, 6) is -6.32. The van der Waals surface area contributed by atoms with Gasteiger partial charge in [0.05, 0.1) is 44.8 Å². The molecule has 6 aromatic rings. The number of para-hydroxylation sites is 4. The van der Waals surface area contributed by atoms with Crippen molar-refractivity contribution in [3.8, 4) is 0 Å². The Hall–Kier alpha value is -7.40. The van der Waals surface area contributed by atoms with E-state index in [0.717, 1.165) is 83.6 Å². The van der Waals surface area contributed by atoms with E-state index in [4.69, 9.17) is 25.5 Å². The van der Waals surface area contributed by atoms with E-state index >= 15 is 0 Å². The van der Waals surface area contributed by atoms with Crippen LogP contribution in [0, 0.1) is 0 Å². The molecule has 268 valence electrons. The van der Waals surface area contributed by atoms with Crippen molar-refractivity contribution in [1.82, 2.24) is 15.0 Å². The molecule has 0 saturated heterocycles. The summed E-state index contributed by atoms with van der Waals surface area (Å²) in [6, 6.07) is 21.7. The summed E-state index contributed by atoms with van der Waals surface area (Å²) in [5, 5.41) is 53.5. The van der Waals surface area contributed by atoms with Gasteiger partial charge in [-0.3, -0.25) is 0 Å². The second-order valence-corrected chi connectivity index (χ2v) is 10.7. The van der Waals surface area contributed by atoms with Gasteiger partial charge >= 0.3 is 29.8 Å². The van der Waals surface area contributed by atoms with Crippen molar-refractivity contribution in [2.24, 2.45) is 0 Å². The molecule has 0 amide bonds. The molecule has 0 bridgehead atoms. The normalized spacial score (nSPS) is 10.2. The highest BCUT2D eigenvalue weighted by Crippen LogP contribution is 2.14. The van der Waals surface area contributed by atoms with Crippen molar-refractivity contribution >= 4 is 57.9 Å². The molecule has 17 nitrogen and oxygen atoms in total. The van der Waals surface area contributed by atoms with Gasteiger partial charge in [0.1, 0.15) is 5.82 Å². The molecular weight excluding hydrogens is 684 g/mol. The van der Waals surface area contributed by atoms with Gasteiger partial charge in [0.2, 0.25) is 0 Å². The van der Waals surface area contributed by atoms with Gasteiger partial charge in [-0.05, 0) is 72.6 Å². The Morgan fingerprint density at radius 3 is 1.42 bits per heavy atom. The lowest BCUT2D eigenvalue weighted by molar-refractivity contribution is -0.357. The first-order valence-electron chi connectivity index (χ1n) is 14.8. The maximum Gasteiger partial charge on any atom is 0.335 e. The van der Waals surface area contributed by atoms with Crippen LogP contribution >= 0.6 is 0 Å². The molecule has 52 heavy (non-hydrogen) atoms. The predicted octanol–water partition coefficient (Wildman–Crippen LogP) is 2.44. The van der Waals surface area contributed by atoms with E-state index in [2.05, 4.69) is 38.1 Å². The summed E-state index contributed by atoms with van der Waals surface area (Å²) >= 11 is 0. The highest BCUT2D eigenvalue weighted by atomic mass is 16.4. The quantitative estimate of drug-likeness (QED) is 0.107. The Balaban J connectivity index is 0.000000214. The van der Waals surface area contributed by atoms with E-state index in [9.17, 15) is 33.9 Å². The molecule has 0 fully saturated rings. The van der Waals surface area contributed by atoms with Gasteiger partial charge < -0.3 is 45.9 Å². The summed E-state index contributed by atoms with van der Waals surface area (Å²) in [7, 11) is 0. The Morgan fingerprint density at radius 1 is 0.577 bits per heavy atom. The van der Waals surface area contributed by atoms with Gasteiger partial charge in [-0.15, -0.1) is 0 Å². The number of nitrogens with zero attached hydrogens (tertiary/aromatic N) is 1. The summed E-state index contributed by atoms with van der Waals surface area (Å²) in [6.45, 7) is 0. The minimum Gasteiger partial charge on any atom is -0.545 e. The van der Waals surface area contributed by atoms with E-state index < -0.39 is 52.5 Å².